The van der Waals surface area contributed by atoms with Gasteiger partial charge in [-0.1, -0.05) is 48.1 Å². The zero-order chi connectivity index (χ0) is 21.1. The molecular weight excluding hydrogens is 396 g/mol. The topological polar surface area (TPSA) is 77.0 Å². The Hall–Kier alpha value is -3.32. The van der Waals surface area contributed by atoms with Gasteiger partial charge in [-0.15, -0.1) is 0 Å². The molecule has 0 radical (unpaired) electrons. The average Bonchev–Trinajstić information content (AvgIpc) is 3.15. The van der Waals surface area contributed by atoms with Crippen LogP contribution in [0.2, 0.25) is 0 Å². The summed E-state index contributed by atoms with van der Waals surface area (Å²) in [5.74, 6) is 0.448. The van der Waals surface area contributed by atoms with E-state index in [1.165, 1.54) is 23.1 Å². The van der Waals surface area contributed by atoms with Crippen LogP contribution in [0.25, 0.3) is 21.6 Å². The van der Waals surface area contributed by atoms with E-state index in [0.29, 0.717) is 16.8 Å². The van der Waals surface area contributed by atoms with Gasteiger partial charge in [0.15, 0.2) is 16.8 Å². The zero-order valence-electron chi connectivity index (χ0n) is 17.1. The Bertz CT molecular complexity index is 1220. The van der Waals surface area contributed by atoms with E-state index >= 15 is 0 Å². The molecule has 4 aromatic rings. The van der Waals surface area contributed by atoms with Gasteiger partial charge in [0, 0.05) is 11.8 Å². The second-order valence-electron chi connectivity index (χ2n) is 6.85. The number of thiazole rings is 1. The van der Waals surface area contributed by atoms with Crippen molar-refractivity contribution in [1.29, 1.82) is 0 Å². The van der Waals surface area contributed by atoms with E-state index in [2.05, 4.69) is 39.3 Å². The minimum absolute atomic E-state index is 0.277. The number of hydrogen-bond donors (Lipinski definition) is 1. The summed E-state index contributed by atoms with van der Waals surface area (Å²) in [5, 5.41) is 3.88. The molecule has 152 valence electrons. The minimum Gasteiger partial charge on any atom is -0.462 e. The van der Waals surface area contributed by atoms with Crippen LogP contribution in [0.1, 0.15) is 35.3 Å². The van der Waals surface area contributed by atoms with Crippen molar-refractivity contribution in [3.8, 4) is 11.4 Å². The molecule has 0 spiro atoms. The van der Waals surface area contributed by atoms with Gasteiger partial charge >= 0.3 is 5.97 Å². The molecule has 0 aliphatic carbocycles. The Labute approximate surface area is 179 Å². The van der Waals surface area contributed by atoms with Crippen LogP contribution < -0.4 is 5.32 Å². The highest BCUT2D eigenvalue weighted by molar-refractivity contribution is 7.22. The first kappa shape index (κ1) is 20.0. The molecule has 0 bridgehead atoms. The lowest BCUT2D eigenvalue weighted by atomic mass is 10.1. The van der Waals surface area contributed by atoms with Gasteiger partial charge < -0.3 is 10.1 Å². The third kappa shape index (κ3) is 4.16. The number of carbonyl (C=O) groups is 1. The first-order chi connectivity index (χ1) is 14.6. The standard InChI is InChI=1S/C23H22N4O2S/c1-4-15-9-10-18-19(12-15)30-23(25-18)27-21-17(22(28)29-5-2)13-24-20(26-21)16-8-6-7-14(3)11-16/h6-13H,4-5H2,1-3H3,(H,24,25,26,27). The Morgan fingerprint density at radius 1 is 1.13 bits per heavy atom. The molecular formula is C23H22N4O2S. The molecule has 0 saturated heterocycles. The van der Waals surface area contributed by atoms with Crippen molar-refractivity contribution < 1.29 is 9.53 Å². The molecule has 0 aliphatic heterocycles. The number of esters is 1. The van der Waals surface area contributed by atoms with Crippen molar-refractivity contribution in [1.82, 2.24) is 15.0 Å². The predicted octanol–water partition coefficient (Wildman–Crippen LogP) is 5.54. The van der Waals surface area contributed by atoms with Crippen LogP contribution in [-0.4, -0.2) is 27.5 Å². The number of aromatic nitrogens is 3. The number of ether oxygens (including phenoxy) is 1. The maximum atomic E-state index is 12.5. The highest BCUT2D eigenvalue weighted by atomic mass is 32.1. The molecule has 2 heterocycles. The van der Waals surface area contributed by atoms with Crippen molar-refractivity contribution >= 4 is 38.5 Å². The van der Waals surface area contributed by atoms with E-state index in [-0.39, 0.29) is 12.2 Å². The number of hydrogen-bond acceptors (Lipinski definition) is 7. The van der Waals surface area contributed by atoms with Crippen LogP contribution in [0.5, 0.6) is 0 Å². The predicted molar refractivity (Wildman–Crippen MR) is 120 cm³/mol. The van der Waals surface area contributed by atoms with Gasteiger partial charge in [0.05, 0.1) is 16.8 Å². The van der Waals surface area contributed by atoms with Crippen molar-refractivity contribution in [3.63, 3.8) is 0 Å². The zero-order valence-corrected chi connectivity index (χ0v) is 17.9. The summed E-state index contributed by atoms with van der Waals surface area (Å²) in [7, 11) is 0. The molecule has 0 atom stereocenters. The molecule has 2 aromatic heterocycles. The van der Waals surface area contributed by atoms with E-state index < -0.39 is 5.97 Å². The van der Waals surface area contributed by atoms with Crippen LogP contribution >= 0.6 is 11.3 Å². The first-order valence-electron chi connectivity index (χ1n) is 9.85. The molecule has 2 aromatic carbocycles. The van der Waals surface area contributed by atoms with E-state index in [0.717, 1.165) is 27.8 Å². The van der Waals surface area contributed by atoms with Crippen molar-refractivity contribution in [2.45, 2.75) is 27.2 Å². The molecule has 6 nitrogen and oxygen atoms in total. The van der Waals surface area contributed by atoms with E-state index in [4.69, 9.17) is 4.74 Å². The summed E-state index contributed by atoms with van der Waals surface area (Å²) in [5.41, 5.74) is 4.43. The molecule has 0 saturated carbocycles. The number of rotatable bonds is 6. The summed E-state index contributed by atoms with van der Waals surface area (Å²) in [6.45, 7) is 6.19. The average molecular weight is 419 g/mol. The molecule has 1 N–H and O–H groups in total. The lowest BCUT2D eigenvalue weighted by Gasteiger charge is -2.10. The van der Waals surface area contributed by atoms with Crippen LogP contribution in [0.4, 0.5) is 10.9 Å². The van der Waals surface area contributed by atoms with Crippen LogP contribution in [0.15, 0.2) is 48.7 Å². The Kier molecular flexibility index (Phi) is 5.72. The summed E-state index contributed by atoms with van der Waals surface area (Å²) < 4.78 is 6.27. The number of nitrogens with one attached hydrogen (secondary N) is 1. The third-order valence-corrected chi connectivity index (χ3v) is 5.58. The van der Waals surface area contributed by atoms with Gasteiger partial charge in [0.2, 0.25) is 0 Å². The Morgan fingerprint density at radius 2 is 2.00 bits per heavy atom. The second kappa shape index (κ2) is 8.59. The van der Waals surface area contributed by atoms with Crippen LogP contribution in [0, 0.1) is 6.92 Å². The number of aryl methyl sites for hydroxylation is 2. The van der Waals surface area contributed by atoms with E-state index in [1.54, 1.807) is 6.92 Å². The lowest BCUT2D eigenvalue weighted by Crippen LogP contribution is -2.11. The van der Waals surface area contributed by atoms with Crippen LogP contribution in [0.3, 0.4) is 0 Å². The van der Waals surface area contributed by atoms with Crippen molar-refractivity contribution in [2.75, 3.05) is 11.9 Å². The van der Waals surface area contributed by atoms with Crippen molar-refractivity contribution in [2.24, 2.45) is 0 Å². The normalized spacial score (nSPS) is 10.9. The highest BCUT2D eigenvalue weighted by Gasteiger charge is 2.18. The summed E-state index contributed by atoms with van der Waals surface area (Å²) in [4.78, 5) is 26.1. The van der Waals surface area contributed by atoms with Gasteiger partial charge in [-0.3, -0.25) is 0 Å². The maximum absolute atomic E-state index is 12.5. The molecule has 7 heteroatoms. The number of benzene rings is 2. The molecule has 0 aliphatic rings. The number of carbonyl (C=O) groups excluding carboxylic acids is 1. The second-order valence-corrected chi connectivity index (χ2v) is 7.88. The summed E-state index contributed by atoms with van der Waals surface area (Å²) in [6, 6.07) is 14.2. The summed E-state index contributed by atoms with van der Waals surface area (Å²) in [6.07, 6.45) is 2.48. The largest absolute Gasteiger partial charge is 0.462 e. The third-order valence-electron chi connectivity index (χ3n) is 4.65. The van der Waals surface area contributed by atoms with Gasteiger partial charge in [-0.05, 0) is 44.0 Å². The Balaban J connectivity index is 1.75. The van der Waals surface area contributed by atoms with Gasteiger partial charge in [0.1, 0.15) is 5.56 Å². The number of fused-ring (bicyclic) bond motifs is 1. The molecule has 0 fully saturated rings. The van der Waals surface area contributed by atoms with Gasteiger partial charge in [-0.2, -0.15) is 0 Å². The fraction of sp³-hybridized carbons (Fsp3) is 0.217. The fourth-order valence-electron chi connectivity index (χ4n) is 3.10. The smallest absolute Gasteiger partial charge is 0.343 e. The molecule has 30 heavy (non-hydrogen) atoms. The highest BCUT2D eigenvalue weighted by Crippen LogP contribution is 2.30. The molecule has 0 unspecified atom stereocenters. The number of anilines is 2. The monoisotopic (exact) mass is 418 g/mol. The lowest BCUT2D eigenvalue weighted by molar-refractivity contribution is 0.0526. The van der Waals surface area contributed by atoms with E-state index in [9.17, 15) is 4.79 Å². The maximum Gasteiger partial charge on any atom is 0.343 e. The van der Waals surface area contributed by atoms with E-state index in [1.807, 2.05) is 37.3 Å². The van der Waals surface area contributed by atoms with Gasteiger partial charge in [-0.25, -0.2) is 19.7 Å². The minimum atomic E-state index is -0.467. The number of nitrogens with zero attached hydrogens (tertiary/aromatic N) is 3. The quantitative estimate of drug-likeness (QED) is 0.414. The SMILES string of the molecule is CCOC(=O)c1cnc(-c2cccc(C)c2)nc1Nc1nc2ccc(CC)cc2s1. The molecule has 4 rings (SSSR count). The first-order valence-corrected chi connectivity index (χ1v) is 10.7. The molecule has 0 amide bonds. The Morgan fingerprint density at radius 3 is 2.77 bits per heavy atom. The van der Waals surface area contributed by atoms with Crippen LogP contribution in [-0.2, 0) is 11.2 Å². The van der Waals surface area contributed by atoms with Gasteiger partial charge in [0.25, 0.3) is 0 Å². The fourth-order valence-corrected chi connectivity index (χ4v) is 4.03. The summed E-state index contributed by atoms with van der Waals surface area (Å²) >= 11 is 1.52. The van der Waals surface area contributed by atoms with Crippen molar-refractivity contribution in [3.05, 3.63) is 65.4 Å².